The fourth-order valence-corrected chi connectivity index (χ4v) is 3.50. The molecule has 2 aromatic rings. The smallest absolute Gasteiger partial charge is 0.182 e. The molecule has 2 unspecified atom stereocenters. The van der Waals surface area contributed by atoms with Crippen molar-refractivity contribution in [3.63, 3.8) is 0 Å². The molecule has 7 nitrogen and oxygen atoms in total. The van der Waals surface area contributed by atoms with E-state index < -0.39 is 6.10 Å². The van der Waals surface area contributed by atoms with Gasteiger partial charge < -0.3 is 19.7 Å². The molecule has 1 aliphatic rings. The average Bonchev–Trinajstić information content (AvgIpc) is 3.30. The van der Waals surface area contributed by atoms with Gasteiger partial charge in [-0.05, 0) is 45.8 Å². The number of nitrogens with one attached hydrogen (secondary N) is 1. The normalized spacial score (nSPS) is 22.0. The minimum atomic E-state index is -0.418. The van der Waals surface area contributed by atoms with Crippen LogP contribution in [-0.4, -0.2) is 50.3 Å². The number of aliphatic hydroxyl groups excluding tert-OH is 1. The fraction of sp³-hybridized carbons (Fsp3) is 0.450. The zero-order chi connectivity index (χ0) is 19.4. The molecule has 0 aromatic carbocycles. The van der Waals surface area contributed by atoms with Gasteiger partial charge in [0.05, 0.1) is 18.5 Å². The van der Waals surface area contributed by atoms with Gasteiger partial charge >= 0.3 is 0 Å². The average molecular weight is 369 g/mol. The van der Waals surface area contributed by atoms with Crippen LogP contribution in [0.3, 0.4) is 0 Å². The summed E-state index contributed by atoms with van der Waals surface area (Å²) in [5.74, 6) is 1.60. The molecule has 144 valence electrons. The van der Waals surface area contributed by atoms with Gasteiger partial charge in [0.15, 0.2) is 11.5 Å². The van der Waals surface area contributed by atoms with E-state index in [1.165, 1.54) is 11.9 Å². The maximum atomic E-state index is 10.3. The van der Waals surface area contributed by atoms with Crippen molar-refractivity contribution in [2.45, 2.75) is 46.3 Å². The lowest BCUT2D eigenvalue weighted by atomic mass is 10.1. The van der Waals surface area contributed by atoms with Crippen molar-refractivity contribution in [2.75, 3.05) is 18.1 Å². The van der Waals surface area contributed by atoms with E-state index in [0.29, 0.717) is 25.2 Å². The number of aliphatic hydroxyl groups is 1. The van der Waals surface area contributed by atoms with E-state index in [1.807, 2.05) is 26.8 Å². The third-order valence-corrected chi connectivity index (χ3v) is 4.97. The standard InChI is InChI=1S/C20H27N5O2/c1-5-13(4)16(6-2)17(7-3)27-10-14-8-15(26)9-25(14)20-18-19(22-11-21-18)23-12-24-20/h5-7,11-12,14-15,26H,8-10H2,1-4H3,(H,21,22,23,24). The van der Waals surface area contributed by atoms with Crippen LogP contribution >= 0.6 is 0 Å². The third kappa shape index (κ3) is 3.88. The molecule has 0 spiro atoms. The number of imidazole rings is 1. The lowest BCUT2D eigenvalue weighted by Gasteiger charge is -2.26. The van der Waals surface area contributed by atoms with Gasteiger partial charge in [0, 0.05) is 12.1 Å². The molecular weight excluding hydrogens is 342 g/mol. The maximum absolute atomic E-state index is 10.3. The Hall–Kier alpha value is -2.67. The van der Waals surface area contributed by atoms with Crippen molar-refractivity contribution < 1.29 is 9.84 Å². The first-order chi connectivity index (χ1) is 13.1. The molecule has 3 rings (SSSR count). The first-order valence-corrected chi connectivity index (χ1v) is 9.26. The second kappa shape index (κ2) is 8.35. The van der Waals surface area contributed by atoms with Crippen molar-refractivity contribution in [3.05, 3.63) is 47.8 Å². The highest BCUT2D eigenvalue weighted by Gasteiger charge is 2.34. The van der Waals surface area contributed by atoms with Gasteiger partial charge in [0.25, 0.3) is 0 Å². The van der Waals surface area contributed by atoms with Crippen LogP contribution in [0, 0.1) is 0 Å². The number of rotatable bonds is 6. The van der Waals surface area contributed by atoms with Crippen LogP contribution in [-0.2, 0) is 4.74 Å². The van der Waals surface area contributed by atoms with Gasteiger partial charge in [-0.25, -0.2) is 15.0 Å². The first-order valence-electron chi connectivity index (χ1n) is 9.26. The SMILES string of the molecule is CC=C(C)C(=CC)C(=CC)OCC1CC(O)CN1c1ncnc2nc[nH]c12. The molecule has 3 heterocycles. The molecule has 2 aromatic heterocycles. The molecule has 2 atom stereocenters. The highest BCUT2D eigenvalue weighted by atomic mass is 16.5. The second-order valence-electron chi connectivity index (χ2n) is 6.63. The van der Waals surface area contributed by atoms with Crippen LogP contribution in [0.1, 0.15) is 34.1 Å². The lowest BCUT2D eigenvalue weighted by Crippen LogP contribution is -2.34. The van der Waals surface area contributed by atoms with E-state index in [-0.39, 0.29) is 6.04 Å². The molecule has 2 N–H and O–H groups in total. The monoisotopic (exact) mass is 369 g/mol. The summed E-state index contributed by atoms with van der Waals surface area (Å²) in [6.07, 6.45) is 9.44. The number of hydrogen-bond acceptors (Lipinski definition) is 6. The number of aromatic amines is 1. The number of allylic oxidation sites excluding steroid dienone is 4. The summed E-state index contributed by atoms with van der Waals surface area (Å²) in [5.41, 5.74) is 3.66. The molecule has 0 bridgehead atoms. The minimum Gasteiger partial charge on any atom is -0.491 e. The van der Waals surface area contributed by atoms with E-state index in [9.17, 15) is 5.11 Å². The highest BCUT2D eigenvalue weighted by molar-refractivity contribution is 5.83. The van der Waals surface area contributed by atoms with Gasteiger partial charge in [-0.2, -0.15) is 0 Å². The van der Waals surface area contributed by atoms with E-state index in [1.54, 1.807) is 6.33 Å². The minimum absolute atomic E-state index is 0.0142. The zero-order valence-corrected chi connectivity index (χ0v) is 16.3. The van der Waals surface area contributed by atoms with E-state index >= 15 is 0 Å². The second-order valence-corrected chi connectivity index (χ2v) is 6.63. The van der Waals surface area contributed by atoms with Gasteiger partial charge in [-0.15, -0.1) is 0 Å². The van der Waals surface area contributed by atoms with Crippen LogP contribution in [0.5, 0.6) is 0 Å². The topological polar surface area (TPSA) is 87.2 Å². The van der Waals surface area contributed by atoms with Crippen LogP contribution < -0.4 is 4.90 Å². The van der Waals surface area contributed by atoms with Crippen molar-refractivity contribution in [3.8, 4) is 0 Å². The van der Waals surface area contributed by atoms with Crippen LogP contribution in [0.25, 0.3) is 11.2 Å². The Bertz CT molecular complexity index is 883. The highest BCUT2D eigenvalue weighted by Crippen LogP contribution is 2.29. The largest absolute Gasteiger partial charge is 0.491 e. The Morgan fingerprint density at radius 1 is 1.26 bits per heavy atom. The molecule has 0 radical (unpaired) electrons. The van der Waals surface area contributed by atoms with Crippen molar-refractivity contribution >= 4 is 17.0 Å². The predicted molar refractivity (Wildman–Crippen MR) is 106 cm³/mol. The summed E-state index contributed by atoms with van der Waals surface area (Å²) in [7, 11) is 0. The van der Waals surface area contributed by atoms with Crippen molar-refractivity contribution in [2.24, 2.45) is 0 Å². The predicted octanol–water partition coefficient (Wildman–Crippen LogP) is 3.13. The lowest BCUT2D eigenvalue weighted by molar-refractivity contribution is 0.170. The van der Waals surface area contributed by atoms with E-state index in [2.05, 4.69) is 43.9 Å². The molecule has 0 aliphatic carbocycles. The van der Waals surface area contributed by atoms with Gasteiger partial charge in [0.2, 0.25) is 0 Å². The number of β-amino-alcohol motifs (C(OH)–C–C–N with tert-alkyl or cyclic N) is 1. The number of aromatic nitrogens is 4. The molecular formula is C20H27N5O2. The number of ether oxygens (including phenoxy) is 1. The molecule has 0 saturated carbocycles. The maximum Gasteiger partial charge on any atom is 0.182 e. The Labute approximate surface area is 159 Å². The van der Waals surface area contributed by atoms with E-state index in [4.69, 9.17) is 4.74 Å². The Morgan fingerprint density at radius 3 is 2.78 bits per heavy atom. The number of anilines is 1. The summed E-state index contributed by atoms with van der Waals surface area (Å²) in [5, 5.41) is 10.3. The number of hydrogen-bond donors (Lipinski definition) is 2. The Morgan fingerprint density at radius 2 is 2.07 bits per heavy atom. The van der Waals surface area contributed by atoms with Crippen LogP contribution in [0.4, 0.5) is 5.82 Å². The summed E-state index contributed by atoms with van der Waals surface area (Å²) in [4.78, 5) is 18.0. The quantitative estimate of drug-likeness (QED) is 0.601. The number of fused-ring (bicyclic) bond motifs is 1. The Balaban J connectivity index is 1.80. The van der Waals surface area contributed by atoms with Crippen LogP contribution in [0.15, 0.2) is 47.8 Å². The molecule has 7 heteroatoms. The molecule has 1 fully saturated rings. The van der Waals surface area contributed by atoms with Crippen molar-refractivity contribution in [1.29, 1.82) is 0 Å². The summed E-state index contributed by atoms with van der Waals surface area (Å²) < 4.78 is 6.17. The summed E-state index contributed by atoms with van der Waals surface area (Å²) in [6, 6.07) is 0.0142. The van der Waals surface area contributed by atoms with Crippen LogP contribution in [0.2, 0.25) is 0 Å². The van der Waals surface area contributed by atoms with E-state index in [0.717, 1.165) is 22.7 Å². The third-order valence-electron chi connectivity index (χ3n) is 4.97. The molecule has 1 aliphatic heterocycles. The molecule has 27 heavy (non-hydrogen) atoms. The van der Waals surface area contributed by atoms with Gasteiger partial charge in [-0.3, -0.25) is 0 Å². The summed E-state index contributed by atoms with van der Waals surface area (Å²) in [6.45, 7) is 9.05. The first kappa shape index (κ1) is 19.1. The number of H-pyrrole nitrogens is 1. The zero-order valence-electron chi connectivity index (χ0n) is 16.3. The fourth-order valence-electron chi connectivity index (χ4n) is 3.50. The molecule has 0 amide bonds. The molecule has 1 saturated heterocycles. The van der Waals surface area contributed by atoms with Gasteiger partial charge in [-0.1, -0.05) is 12.2 Å². The van der Waals surface area contributed by atoms with Crippen molar-refractivity contribution in [1.82, 2.24) is 19.9 Å². The Kier molecular flexibility index (Phi) is 5.91. The summed E-state index contributed by atoms with van der Waals surface area (Å²) >= 11 is 0. The van der Waals surface area contributed by atoms with Gasteiger partial charge in [0.1, 0.15) is 24.2 Å². The number of nitrogens with zero attached hydrogens (tertiary/aromatic N) is 4.